The summed E-state index contributed by atoms with van der Waals surface area (Å²) in [5.41, 5.74) is 20.3. The van der Waals surface area contributed by atoms with E-state index in [1.165, 1.54) is 99.2 Å². The van der Waals surface area contributed by atoms with Crippen molar-refractivity contribution in [3.05, 3.63) is 299 Å². The first-order valence-corrected chi connectivity index (χ1v) is 29.1. The second kappa shape index (κ2) is 16.9. The first kappa shape index (κ1) is 43.2. The molecule has 0 bridgehead atoms. The monoisotopic (exact) mass is 943 g/mol. The van der Waals surface area contributed by atoms with Crippen molar-refractivity contribution in [2.45, 2.75) is 36.9 Å². The predicted molar refractivity (Wildman–Crippen MR) is 304 cm³/mol. The second-order valence-corrected chi connectivity index (χ2v) is 26.0. The summed E-state index contributed by atoms with van der Waals surface area (Å²) in [6.07, 6.45) is 0. The summed E-state index contributed by atoms with van der Waals surface area (Å²) in [6, 6.07) is 95.3. The summed E-state index contributed by atoms with van der Waals surface area (Å²) in [5.74, 6) is 0. The fourth-order valence-electron chi connectivity index (χ4n) is 12.2. The van der Waals surface area contributed by atoms with Crippen LogP contribution in [0.1, 0.15) is 51.4 Å². The van der Waals surface area contributed by atoms with E-state index >= 15 is 0 Å². The molecule has 1 heterocycles. The molecule has 0 radical (unpaired) electrons. The van der Waals surface area contributed by atoms with E-state index in [-0.39, 0.29) is 0 Å². The van der Waals surface area contributed by atoms with Gasteiger partial charge in [-0.15, -0.1) is 11.3 Å². The Morgan fingerprint density at radius 2 is 0.845 bits per heavy atom. The molecule has 1 aromatic heterocycles. The van der Waals surface area contributed by atoms with E-state index in [4.69, 9.17) is 0 Å². The molecule has 0 N–H and O–H groups in total. The van der Waals surface area contributed by atoms with Gasteiger partial charge in [0.2, 0.25) is 0 Å². The van der Waals surface area contributed by atoms with Crippen LogP contribution in [-0.2, 0) is 10.8 Å². The number of rotatable bonds is 10. The van der Waals surface area contributed by atoms with Crippen molar-refractivity contribution < 1.29 is 0 Å². The molecule has 0 fully saturated rings. The summed E-state index contributed by atoms with van der Waals surface area (Å²) in [7, 11) is -1.72. The predicted octanol–water partition coefficient (Wildman–Crippen LogP) is 17.7. The summed E-state index contributed by atoms with van der Waals surface area (Å²) in [4.78, 5) is 2.51. The number of thiophene rings is 1. The Bertz CT molecular complexity index is 3700. The Hall–Kier alpha value is -7.82. The van der Waals surface area contributed by atoms with Crippen molar-refractivity contribution in [1.29, 1.82) is 0 Å². The van der Waals surface area contributed by atoms with Gasteiger partial charge >= 0.3 is 0 Å². The number of hydrogen-bond acceptors (Lipinski definition) is 2. The molecule has 2 aliphatic rings. The SMILES string of the molecule is CC[Si](C)(C)c1ccc2c(c1)-c1cc(N(c3cccc(-c4ccc5sccc5c4)c3)c3ccc4c(c3)-c3ccccc3C4(c3ccccc3)c3ccccc3)ccc1C2(c1ccccc1)c1ccccc1. The lowest BCUT2D eigenvalue weighted by molar-refractivity contribution is 0.768. The summed E-state index contributed by atoms with van der Waals surface area (Å²) in [6.45, 7) is 7.40. The Balaban J connectivity index is 1.07. The zero-order chi connectivity index (χ0) is 47.7. The van der Waals surface area contributed by atoms with Crippen molar-refractivity contribution >= 4 is 51.7 Å². The molecular formula is C68H53NSSi. The number of hydrogen-bond donors (Lipinski definition) is 0. The lowest BCUT2D eigenvalue weighted by atomic mass is 9.67. The van der Waals surface area contributed by atoms with Crippen LogP contribution in [0.3, 0.4) is 0 Å². The summed E-state index contributed by atoms with van der Waals surface area (Å²) in [5, 5.41) is 4.96. The van der Waals surface area contributed by atoms with E-state index in [1.54, 1.807) is 11.3 Å². The van der Waals surface area contributed by atoms with Crippen LogP contribution in [0.2, 0.25) is 19.1 Å². The molecule has 10 aromatic carbocycles. The van der Waals surface area contributed by atoms with Gasteiger partial charge in [0.25, 0.3) is 0 Å². The van der Waals surface area contributed by atoms with Crippen molar-refractivity contribution in [3.63, 3.8) is 0 Å². The second-order valence-electron chi connectivity index (χ2n) is 20.0. The Labute approximate surface area is 423 Å². The van der Waals surface area contributed by atoms with Crippen LogP contribution in [0, 0.1) is 0 Å². The van der Waals surface area contributed by atoms with E-state index in [2.05, 4.69) is 279 Å². The molecule has 0 saturated carbocycles. The standard InChI is InChI=1S/C68H53NSSi/c1-4-71(2,3)57-35-38-65-61(46-57)60-45-56(34-37-64(60)68(65,52-25-13-7-14-26-52)53-27-15-8-16-28-53)69(54-29-19-20-47(43-54)48-32-39-66-49(42-48)40-41-70-66)55-33-36-63-59(44-55)58-30-17-18-31-62(58)67(63,50-21-9-5-10-22-50)51-23-11-6-12-24-51/h5-46H,4H2,1-3H3. The van der Waals surface area contributed by atoms with Gasteiger partial charge < -0.3 is 4.90 Å². The molecule has 0 aliphatic heterocycles. The minimum atomic E-state index is -1.72. The van der Waals surface area contributed by atoms with Crippen LogP contribution < -0.4 is 10.1 Å². The third kappa shape index (κ3) is 6.64. The first-order valence-electron chi connectivity index (χ1n) is 25.0. The van der Waals surface area contributed by atoms with Crippen molar-refractivity contribution in [2.24, 2.45) is 0 Å². The van der Waals surface area contributed by atoms with Gasteiger partial charge in [-0.2, -0.15) is 0 Å². The van der Waals surface area contributed by atoms with Crippen LogP contribution in [0.25, 0.3) is 43.5 Å². The Morgan fingerprint density at radius 3 is 1.41 bits per heavy atom. The maximum atomic E-state index is 2.58. The fraction of sp³-hybridized carbons (Fsp3) is 0.0882. The highest BCUT2D eigenvalue weighted by Gasteiger charge is 2.48. The first-order chi connectivity index (χ1) is 34.9. The molecule has 0 spiro atoms. The van der Waals surface area contributed by atoms with Gasteiger partial charge in [0.05, 0.1) is 18.9 Å². The van der Waals surface area contributed by atoms with Gasteiger partial charge in [0.1, 0.15) is 0 Å². The molecule has 1 nitrogen and oxygen atoms in total. The van der Waals surface area contributed by atoms with Crippen LogP contribution in [0.4, 0.5) is 17.1 Å². The van der Waals surface area contributed by atoms with Crippen LogP contribution in [-0.4, -0.2) is 8.07 Å². The molecule has 0 atom stereocenters. The molecule has 13 rings (SSSR count). The number of anilines is 3. The van der Waals surface area contributed by atoms with Gasteiger partial charge in [-0.3, -0.25) is 0 Å². The molecule has 0 saturated heterocycles. The van der Waals surface area contributed by atoms with E-state index < -0.39 is 18.9 Å². The zero-order valence-electron chi connectivity index (χ0n) is 40.3. The Morgan fingerprint density at radius 1 is 0.380 bits per heavy atom. The normalized spacial score (nSPS) is 13.8. The van der Waals surface area contributed by atoms with Crippen LogP contribution in [0.5, 0.6) is 0 Å². The largest absolute Gasteiger partial charge is 0.310 e. The summed E-state index contributed by atoms with van der Waals surface area (Å²) < 4.78 is 1.31. The molecule has 340 valence electrons. The van der Waals surface area contributed by atoms with E-state index in [0.717, 1.165) is 17.1 Å². The molecule has 2 aliphatic carbocycles. The van der Waals surface area contributed by atoms with Gasteiger partial charge in [-0.05, 0) is 143 Å². The molecule has 0 amide bonds. The van der Waals surface area contributed by atoms with Crippen LogP contribution in [0.15, 0.2) is 254 Å². The topological polar surface area (TPSA) is 3.24 Å². The smallest absolute Gasteiger partial charge is 0.0803 e. The van der Waals surface area contributed by atoms with Gasteiger partial charge in [0.15, 0.2) is 0 Å². The highest BCUT2D eigenvalue weighted by atomic mass is 32.1. The third-order valence-corrected chi connectivity index (χ3v) is 20.6. The summed E-state index contributed by atoms with van der Waals surface area (Å²) >= 11 is 1.79. The van der Waals surface area contributed by atoms with Crippen LogP contribution >= 0.6 is 11.3 Å². The van der Waals surface area contributed by atoms with Crippen molar-refractivity contribution in [2.75, 3.05) is 4.90 Å². The molecule has 3 heteroatoms. The number of benzene rings is 10. The maximum absolute atomic E-state index is 2.58. The molecular weight excluding hydrogens is 891 g/mol. The highest BCUT2D eigenvalue weighted by molar-refractivity contribution is 7.17. The van der Waals surface area contributed by atoms with E-state index in [0.29, 0.717) is 0 Å². The number of nitrogens with zero attached hydrogens (tertiary/aromatic N) is 1. The lowest BCUT2D eigenvalue weighted by Crippen LogP contribution is -2.40. The van der Waals surface area contributed by atoms with Gasteiger partial charge in [0, 0.05) is 21.8 Å². The zero-order valence-corrected chi connectivity index (χ0v) is 42.1. The average molecular weight is 944 g/mol. The minimum absolute atomic E-state index is 0.485. The van der Waals surface area contributed by atoms with Crippen molar-refractivity contribution in [3.8, 4) is 33.4 Å². The molecule has 71 heavy (non-hydrogen) atoms. The molecule has 0 unspecified atom stereocenters. The van der Waals surface area contributed by atoms with E-state index in [9.17, 15) is 0 Å². The van der Waals surface area contributed by atoms with Crippen molar-refractivity contribution in [1.82, 2.24) is 0 Å². The number of fused-ring (bicyclic) bond motifs is 7. The molecule has 11 aromatic rings. The van der Waals surface area contributed by atoms with Gasteiger partial charge in [-0.25, -0.2) is 0 Å². The highest BCUT2D eigenvalue weighted by Crippen LogP contribution is 2.59. The Kier molecular flexibility index (Phi) is 10.3. The lowest BCUT2D eigenvalue weighted by Gasteiger charge is -2.35. The minimum Gasteiger partial charge on any atom is -0.310 e. The van der Waals surface area contributed by atoms with E-state index in [1.807, 2.05) is 0 Å². The fourth-order valence-corrected chi connectivity index (χ4v) is 14.5. The quantitative estimate of drug-likeness (QED) is 0.124. The third-order valence-electron chi connectivity index (χ3n) is 16.0. The van der Waals surface area contributed by atoms with Gasteiger partial charge in [-0.1, -0.05) is 225 Å². The average Bonchev–Trinajstić information content (AvgIpc) is 4.12. The maximum Gasteiger partial charge on any atom is 0.0803 e.